The molecule has 128 valence electrons. The molecule has 25 heavy (non-hydrogen) atoms. The Kier molecular flexibility index (Phi) is 3.67. The molecule has 0 atom stereocenters. The summed E-state index contributed by atoms with van der Waals surface area (Å²) < 4.78 is 28.1. The average molecular weight is 343 g/mol. The number of hydrogen-bond acceptors (Lipinski definition) is 4. The van der Waals surface area contributed by atoms with E-state index in [0.29, 0.717) is 11.3 Å². The van der Waals surface area contributed by atoms with Crippen LogP contribution in [0.2, 0.25) is 0 Å². The monoisotopic (exact) mass is 343 g/mol. The van der Waals surface area contributed by atoms with E-state index < -0.39 is 5.92 Å². The third-order valence-electron chi connectivity index (χ3n) is 4.40. The van der Waals surface area contributed by atoms with E-state index in [-0.39, 0.29) is 31.8 Å². The number of piperidine rings is 1. The lowest BCUT2D eigenvalue weighted by Gasteiger charge is -2.31. The standard InChI is InChI=1S/C17H15F2N5O/c18-17(19)5-7-23(8-6-17)15(25)13-3-1-12(2-4-13)14-9-20-16-22-21-11-24(16)10-14/h1-4,9-11H,5-8H2. The van der Waals surface area contributed by atoms with E-state index in [4.69, 9.17) is 0 Å². The smallest absolute Gasteiger partial charge is 0.254 e. The van der Waals surface area contributed by atoms with Crippen molar-refractivity contribution in [2.75, 3.05) is 13.1 Å². The predicted molar refractivity (Wildman–Crippen MR) is 86.3 cm³/mol. The first-order valence-electron chi connectivity index (χ1n) is 7.95. The second kappa shape index (κ2) is 5.87. The van der Waals surface area contributed by atoms with Crippen LogP contribution in [-0.4, -0.2) is 49.4 Å². The number of benzene rings is 1. The second-order valence-electron chi connectivity index (χ2n) is 6.11. The van der Waals surface area contributed by atoms with Crippen LogP contribution in [0.5, 0.6) is 0 Å². The number of carbonyl (C=O) groups excluding carboxylic acids is 1. The van der Waals surface area contributed by atoms with E-state index in [9.17, 15) is 13.6 Å². The summed E-state index contributed by atoms with van der Waals surface area (Å²) >= 11 is 0. The van der Waals surface area contributed by atoms with Crippen molar-refractivity contribution in [1.82, 2.24) is 24.5 Å². The lowest BCUT2D eigenvalue weighted by Crippen LogP contribution is -2.42. The van der Waals surface area contributed by atoms with Gasteiger partial charge in [0.2, 0.25) is 0 Å². The van der Waals surface area contributed by atoms with Crippen LogP contribution in [0.4, 0.5) is 8.78 Å². The summed E-state index contributed by atoms with van der Waals surface area (Å²) in [6.07, 6.45) is 4.55. The molecule has 0 saturated carbocycles. The highest BCUT2D eigenvalue weighted by Crippen LogP contribution is 2.28. The number of likely N-dealkylation sites (tertiary alicyclic amines) is 1. The first-order chi connectivity index (χ1) is 12.0. The van der Waals surface area contributed by atoms with E-state index in [2.05, 4.69) is 15.2 Å². The molecule has 0 bridgehead atoms. The Morgan fingerprint density at radius 1 is 1.08 bits per heavy atom. The van der Waals surface area contributed by atoms with Crippen molar-refractivity contribution in [3.05, 3.63) is 48.5 Å². The summed E-state index contributed by atoms with van der Waals surface area (Å²) in [7, 11) is 0. The first-order valence-corrected chi connectivity index (χ1v) is 7.95. The maximum absolute atomic E-state index is 13.2. The topological polar surface area (TPSA) is 63.4 Å². The van der Waals surface area contributed by atoms with Crippen LogP contribution < -0.4 is 0 Å². The highest BCUT2D eigenvalue weighted by molar-refractivity contribution is 5.94. The van der Waals surface area contributed by atoms with Crippen LogP contribution >= 0.6 is 0 Å². The number of alkyl halides is 2. The molecule has 1 saturated heterocycles. The van der Waals surface area contributed by atoms with E-state index in [1.807, 2.05) is 18.3 Å². The Bertz CT molecular complexity index is 912. The fourth-order valence-corrected chi connectivity index (χ4v) is 2.90. The van der Waals surface area contributed by atoms with Crippen molar-refractivity contribution in [1.29, 1.82) is 0 Å². The van der Waals surface area contributed by atoms with E-state index in [0.717, 1.165) is 11.1 Å². The fraction of sp³-hybridized carbons (Fsp3) is 0.294. The molecule has 1 fully saturated rings. The third kappa shape index (κ3) is 3.07. The molecule has 4 rings (SSSR count). The lowest BCUT2D eigenvalue weighted by molar-refractivity contribution is -0.0494. The van der Waals surface area contributed by atoms with Gasteiger partial charge in [0, 0.05) is 49.5 Å². The molecule has 0 aliphatic carbocycles. The lowest BCUT2D eigenvalue weighted by atomic mass is 10.0. The fourth-order valence-electron chi connectivity index (χ4n) is 2.90. The van der Waals surface area contributed by atoms with Gasteiger partial charge in [-0.2, -0.15) is 0 Å². The molecule has 3 heterocycles. The molecule has 1 amide bonds. The minimum Gasteiger partial charge on any atom is -0.338 e. The van der Waals surface area contributed by atoms with Crippen molar-refractivity contribution in [2.45, 2.75) is 18.8 Å². The minimum absolute atomic E-state index is 0.0851. The highest BCUT2D eigenvalue weighted by atomic mass is 19.3. The van der Waals surface area contributed by atoms with Gasteiger partial charge in [-0.25, -0.2) is 13.8 Å². The predicted octanol–water partition coefficient (Wildman–Crippen LogP) is 2.66. The Labute approximate surface area is 142 Å². The summed E-state index contributed by atoms with van der Waals surface area (Å²) in [4.78, 5) is 18.1. The van der Waals surface area contributed by atoms with Crippen molar-refractivity contribution in [3.63, 3.8) is 0 Å². The Morgan fingerprint density at radius 3 is 2.52 bits per heavy atom. The molecule has 3 aromatic rings. The quantitative estimate of drug-likeness (QED) is 0.718. The average Bonchev–Trinajstić information content (AvgIpc) is 3.09. The molecule has 0 radical (unpaired) electrons. The number of aromatic nitrogens is 4. The molecule has 1 aliphatic heterocycles. The van der Waals surface area contributed by atoms with Gasteiger partial charge in [-0.1, -0.05) is 12.1 Å². The van der Waals surface area contributed by atoms with Crippen molar-refractivity contribution >= 4 is 11.7 Å². The zero-order valence-corrected chi connectivity index (χ0v) is 13.3. The van der Waals surface area contributed by atoms with Crippen LogP contribution in [-0.2, 0) is 0 Å². The van der Waals surface area contributed by atoms with Crippen molar-refractivity contribution in [3.8, 4) is 11.1 Å². The molecular formula is C17H15F2N5O. The highest BCUT2D eigenvalue weighted by Gasteiger charge is 2.35. The molecular weight excluding hydrogens is 328 g/mol. The molecule has 0 unspecified atom stereocenters. The summed E-state index contributed by atoms with van der Waals surface area (Å²) in [5.41, 5.74) is 2.25. The van der Waals surface area contributed by atoms with Crippen LogP contribution in [0.25, 0.3) is 16.9 Å². The van der Waals surface area contributed by atoms with E-state index in [1.165, 1.54) is 4.90 Å². The number of halogens is 2. The summed E-state index contributed by atoms with van der Waals surface area (Å²) in [6, 6.07) is 7.06. The first kappa shape index (κ1) is 15.6. The third-order valence-corrected chi connectivity index (χ3v) is 4.40. The zero-order chi connectivity index (χ0) is 17.4. The second-order valence-corrected chi connectivity index (χ2v) is 6.11. The van der Waals surface area contributed by atoms with E-state index in [1.54, 1.807) is 29.1 Å². The molecule has 0 N–H and O–H groups in total. The SMILES string of the molecule is O=C(c1ccc(-c2cnc3nncn3c2)cc1)N1CCC(F)(F)CC1. The normalized spacial score (nSPS) is 17.0. The summed E-state index contributed by atoms with van der Waals surface area (Å²) in [5.74, 6) is -2.36. The maximum atomic E-state index is 13.2. The van der Waals surface area contributed by atoms with Gasteiger partial charge in [-0.3, -0.25) is 9.20 Å². The van der Waals surface area contributed by atoms with Gasteiger partial charge in [0.15, 0.2) is 0 Å². The minimum atomic E-state index is -2.66. The summed E-state index contributed by atoms with van der Waals surface area (Å²) in [6.45, 7) is 0.170. The molecule has 1 aliphatic rings. The number of nitrogens with zero attached hydrogens (tertiary/aromatic N) is 5. The van der Waals surface area contributed by atoms with Gasteiger partial charge < -0.3 is 4.90 Å². The van der Waals surface area contributed by atoms with Crippen molar-refractivity contribution < 1.29 is 13.6 Å². The molecule has 2 aromatic heterocycles. The molecule has 6 nitrogen and oxygen atoms in total. The number of fused-ring (bicyclic) bond motifs is 1. The van der Waals surface area contributed by atoms with Gasteiger partial charge in [-0.05, 0) is 17.7 Å². The van der Waals surface area contributed by atoms with Gasteiger partial charge in [0.05, 0.1) is 0 Å². The van der Waals surface area contributed by atoms with Crippen molar-refractivity contribution in [2.24, 2.45) is 0 Å². The Balaban J connectivity index is 1.52. The van der Waals surface area contributed by atoms with Crippen LogP contribution in [0.3, 0.4) is 0 Å². The maximum Gasteiger partial charge on any atom is 0.254 e. The van der Waals surface area contributed by atoms with Crippen LogP contribution in [0, 0.1) is 0 Å². The Morgan fingerprint density at radius 2 is 1.80 bits per heavy atom. The van der Waals surface area contributed by atoms with Gasteiger partial charge in [-0.15, -0.1) is 10.2 Å². The van der Waals surface area contributed by atoms with Gasteiger partial charge >= 0.3 is 0 Å². The number of amides is 1. The molecule has 0 spiro atoms. The number of rotatable bonds is 2. The number of hydrogen-bond donors (Lipinski definition) is 0. The van der Waals surface area contributed by atoms with Crippen LogP contribution in [0.15, 0.2) is 43.0 Å². The molecule has 1 aromatic carbocycles. The van der Waals surface area contributed by atoms with Crippen LogP contribution in [0.1, 0.15) is 23.2 Å². The van der Waals surface area contributed by atoms with E-state index >= 15 is 0 Å². The molecule has 8 heteroatoms. The zero-order valence-electron chi connectivity index (χ0n) is 13.3. The van der Waals surface area contributed by atoms with Gasteiger partial charge in [0.1, 0.15) is 6.33 Å². The number of carbonyl (C=O) groups is 1. The largest absolute Gasteiger partial charge is 0.338 e. The summed E-state index contributed by atoms with van der Waals surface area (Å²) in [5, 5.41) is 7.63. The Hall–Kier alpha value is -2.90. The van der Waals surface area contributed by atoms with Gasteiger partial charge in [0.25, 0.3) is 17.6 Å².